The average molecular weight is 304 g/mol. The van der Waals surface area contributed by atoms with Gasteiger partial charge >= 0.3 is 0 Å². The minimum atomic E-state index is -0.244. The Morgan fingerprint density at radius 2 is 2.24 bits per heavy atom. The number of hydrogen-bond acceptors (Lipinski definition) is 3. The van der Waals surface area contributed by atoms with Gasteiger partial charge in [0.1, 0.15) is 0 Å². The lowest BCUT2D eigenvalue weighted by Crippen LogP contribution is -2.44. The summed E-state index contributed by atoms with van der Waals surface area (Å²) >= 11 is 3.56. The molecule has 1 aromatic heterocycles. The van der Waals surface area contributed by atoms with Gasteiger partial charge in [-0.2, -0.15) is 5.10 Å². The number of aromatic nitrogens is 2. The molecule has 0 saturated heterocycles. The number of ether oxygens (including phenoxy) is 1. The van der Waals surface area contributed by atoms with Crippen molar-refractivity contribution in [2.75, 3.05) is 13.7 Å². The Kier molecular flexibility index (Phi) is 5.16. The first-order valence-electron chi connectivity index (χ1n) is 5.96. The van der Waals surface area contributed by atoms with Crippen LogP contribution in [0.4, 0.5) is 0 Å². The van der Waals surface area contributed by atoms with Crippen molar-refractivity contribution in [3.8, 4) is 0 Å². The summed E-state index contributed by atoms with van der Waals surface area (Å²) in [6.07, 6.45) is 2.75. The molecule has 0 bridgehead atoms. The number of methoxy groups -OCH3 is 1. The minimum absolute atomic E-state index is 0.115. The first-order valence-corrected chi connectivity index (χ1v) is 6.75. The molecule has 0 amide bonds. The standard InChI is InChI=1S/C12H22BrN3O/c1-6-12(3,17-5)11(14-7-2)10-9(13)8-15-16(10)4/h8,11,14H,6-7H2,1-5H3. The third-order valence-electron chi connectivity index (χ3n) is 3.40. The van der Waals surface area contributed by atoms with Gasteiger partial charge in [0, 0.05) is 14.2 Å². The molecule has 0 radical (unpaired) electrons. The Balaban J connectivity index is 3.17. The summed E-state index contributed by atoms with van der Waals surface area (Å²) < 4.78 is 8.62. The van der Waals surface area contributed by atoms with Gasteiger partial charge < -0.3 is 10.1 Å². The number of halogens is 1. The smallest absolute Gasteiger partial charge is 0.0857 e. The van der Waals surface area contributed by atoms with Gasteiger partial charge in [-0.05, 0) is 35.8 Å². The van der Waals surface area contributed by atoms with E-state index in [1.54, 1.807) is 7.11 Å². The molecule has 98 valence electrons. The highest BCUT2D eigenvalue weighted by atomic mass is 79.9. The fourth-order valence-electron chi connectivity index (χ4n) is 2.02. The highest BCUT2D eigenvalue weighted by molar-refractivity contribution is 9.10. The molecule has 1 rings (SSSR count). The van der Waals surface area contributed by atoms with E-state index in [-0.39, 0.29) is 11.6 Å². The van der Waals surface area contributed by atoms with E-state index in [0.717, 1.165) is 23.1 Å². The molecule has 2 unspecified atom stereocenters. The number of nitrogens with zero attached hydrogens (tertiary/aromatic N) is 2. The molecule has 0 aliphatic carbocycles. The topological polar surface area (TPSA) is 39.1 Å². The summed E-state index contributed by atoms with van der Waals surface area (Å²) in [6.45, 7) is 7.25. The highest BCUT2D eigenvalue weighted by Crippen LogP contribution is 2.34. The predicted octanol–water partition coefficient (Wildman–Crippen LogP) is 2.65. The zero-order chi connectivity index (χ0) is 13.1. The lowest BCUT2D eigenvalue weighted by atomic mass is 9.90. The molecule has 17 heavy (non-hydrogen) atoms. The maximum absolute atomic E-state index is 5.71. The second kappa shape index (κ2) is 5.98. The van der Waals surface area contributed by atoms with Crippen LogP contribution in [-0.2, 0) is 11.8 Å². The van der Waals surface area contributed by atoms with Gasteiger partial charge in [-0.3, -0.25) is 4.68 Å². The maximum Gasteiger partial charge on any atom is 0.0857 e. The second-order valence-electron chi connectivity index (χ2n) is 4.36. The van der Waals surface area contributed by atoms with Crippen LogP contribution in [-0.4, -0.2) is 29.0 Å². The van der Waals surface area contributed by atoms with E-state index in [9.17, 15) is 0 Å². The second-order valence-corrected chi connectivity index (χ2v) is 5.22. The van der Waals surface area contributed by atoms with E-state index in [0.29, 0.717) is 0 Å². The molecule has 0 aromatic carbocycles. The van der Waals surface area contributed by atoms with Crippen LogP contribution in [0.2, 0.25) is 0 Å². The van der Waals surface area contributed by atoms with E-state index in [1.807, 2.05) is 17.9 Å². The highest BCUT2D eigenvalue weighted by Gasteiger charge is 2.36. The van der Waals surface area contributed by atoms with Gasteiger partial charge in [-0.25, -0.2) is 0 Å². The molecule has 0 fully saturated rings. The van der Waals surface area contributed by atoms with Crippen LogP contribution in [0.5, 0.6) is 0 Å². The van der Waals surface area contributed by atoms with Gasteiger partial charge in [-0.1, -0.05) is 13.8 Å². The lowest BCUT2D eigenvalue weighted by molar-refractivity contribution is -0.0318. The largest absolute Gasteiger partial charge is 0.376 e. The molecule has 0 aliphatic heterocycles. The van der Waals surface area contributed by atoms with Crippen LogP contribution in [0.1, 0.15) is 38.9 Å². The van der Waals surface area contributed by atoms with Gasteiger partial charge in [0.05, 0.1) is 28.0 Å². The quantitative estimate of drug-likeness (QED) is 0.878. The Morgan fingerprint density at radius 1 is 1.59 bits per heavy atom. The number of nitrogens with one attached hydrogen (secondary N) is 1. The molecular formula is C12H22BrN3O. The lowest BCUT2D eigenvalue weighted by Gasteiger charge is -2.36. The molecular weight excluding hydrogens is 282 g/mol. The molecule has 5 heteroatoms. The van der Waals surface area contributed by atoms with Crippen molar-refractivity contribution in [1.29, 1.82) is 0 Å². The van der Waals surface area contributed by atoms with Crippen LogP contribution in [0.25, 0.3) is 0 Å². The van der Waals surface area contributed by atoms with Crippen molar-refractivity contribution < 1.29 is 4.74 Å². The van der Waals surface area contributed by atoms with Crippen molar-refractivity contribution in [2.45, 2.75) is 38.8 Å². The minimum Gasteiger partial charge on any atom is -0.376 e. The van der Waals surface area contributed by atoms with Crippen LogP contribution in [0, 0.1) is 0 Å². The summed E-state index contributed by atoms with van der Waals surface area (Å²) in [5, 5.41) is 7.77. The molecule has 0 saturated carbocycles. The van der Waals surface area contributed by atoms with E-state index in [2.05, 4.69) is 47.1 Å². The van der Waals surface area contributed by atoms with Crippen molar-refractivity contribution in [3.63, 3.8) is 0 Å². The normalized spacial score (nSPS) is 16.8. The first kappa shape index (κ1) is 14.7. The Hall–Kier alpha value is -0.390. The number of hydrogen-bond donors (Lipinski definition) is 1. The third kappa shape index (κ3) is 2.89. The van der Waals surface area contributed by atoms with Gasteiger partial charge in [0.2, 0.25) is 0 Å². The van der Waals surface area contributed by atoms with Gasteiger partial charge in [-0.15, -0.1) is 0 Å². The van der Waals surface area contributed by atoms with E-state index < -0.39 is 0 Å². The Morgan fingerprint density at radius 3 is 2.59 bits per heavy atom. The first-order chi connectivity index (χ1) is 8.00. The van der Waals surface area contributed by atoms with Gasteiger partial charge in [0.15, 0.2) is 0 Å². The van der Waals surface area contributed by atoms with Crippen molar-refractivity contribution in [2.24, 2.45) is 7.05 Å². The fourth-order valence-corrected chi connectivity index (χ4v) is 2.59. The van der Waals surface area contributed by atoms with Crippen molar-refractivity contribution in [3.05, 3.63) is 16.4 Å². The molecule has 2 atom stereocenters. The maximum atomic E-state index is 5.71. The molecule has 1 aromatic rings. The number of likely N-dealkylation sites (N-methyl/N-ethyl adjacent to an activating group) is 1. The summed E-state index contributed by atoms with van der Waals surface area (Å²) in [5.41, 5.74) is 0.879. The fraction of sp³-hybridized carbons (Fsp3) is 0.750. The summed E-state index contributed by atoms with van der Waals surface area (Å²) in [4.78, 5) is 0. The van der Waals surface area contributed by atoms with E-state index in [1.165, 1.54) is 0 Å². The summed E-state index contributed by atoms with van der Waals surface area (Å²) in [5.74, 6) is 0. The third-order valence-corrected chi connectivity index (χ3v) is 4.01. The van der Waals surface area contributed by atoms with Gasteiger partial charge in [0.25, 0.3) is 0 Å². The summed E-state index contributed by atoms with van der Waals surface area (Å²) in [6, 6.07) is 0.115. The van der Waals surface area contributed by atoms with Crippen LogP contribution in [0.3, 0.4) is 0 Å². The molecule has 4 nitrogen and oxygen atoms in total. The Bertz CT molecular complexity index is 341. The zero-order valence-electron chi connectivity index (χ0n) is 11.2. The summed E-state index contributed by atoms with van der Waals surface area (Å²) in [7, 11) is 3.72. The SMILES string of the molecule is CCNC(c1c(Br)cnn1C)C(C)(CC)OC. The Labute approximate surface area is 112 Å². The number of rotatable bonds is 6. The van der Waals surface area contributed by atoms with Crippen molar-refractivity contribution in [1.82, 2.24) is 15.1 Å². The molecule has 0 aliphatic rings. The molecule has 1 N–H and O–H groups in total. The average Bonchev–Trinajstić information content (AvgIpc) is 2.65. The predicted molar refractivity (Wildman–Crippen MR) is 73.0 cm³/mol. The molecule has 0 spiro atoms. The monoisotopic (exact) mass is 303 g/mol. The van der Waals surface area contributed by atoms with E-state index >= 15 is 0 Å². The zero-order valence-corrected chi connectivity index (χ0v) is 12.8. The van der Waals surface area contributed by atoms with Crippen LogP contribution < -0.4 is 5.32 Å². The van der Waals surface area contributed by atoms with Crippen LogP contribution in [0.15, 0.2) is 10.7 Å². The molecule has 1 heterocycles. The van der Waals surface area contributed by atoms with E-state index in [4.69, 9.17) is 4.74 Å². The number of aryl methyl sites for hydroxylation is 1. The van der Waals surface area contributed by atoms with Crippen molar-refractivity contribution >= 4 is 15.9 Å². The van der Waals surface area contributed by atoms with Crippen LogP contribution >= 0.6 is 15.9 Å².